The number of hydrogen-bond donors (Lipinski definition) is 2. The quantitative estimate of drug-likeness (QED) is 0.657. The van der Waals surface area contributed by atoms with Crippen LogP contribution in [-0.4, -0.2) is 40.7 Å². The Labute approximate surface area is 163 Å². The van der Waals surface area contributed by atoms with Crippen molar-refractivity contribution in [1.29, 1.82) is 0 Å². The van der Waals surface area contributed by atoms with Crippen molar-refractivity contribution >= 4 is 26.7 Å². The molecule has 6 heteroatoms. The molecule has 5 nitrogen and oxygen atoms in total. The number of phenolic OH excluding ortho intramolecular Hbond substituents is 1. The van der Waals surface area contributed by atoms with Gasteiger partial charge in [0.2, 0.25) is 0 Å². The number of thiazole rings is 1. The highest BCUT2D eigenvalue weighted by atomic mass is 32.1. The molecule has 0 aliphatic carbocycles. The predicted octanol–water partition coefficient (Wildman–Crippen LogP) is 4.48. The number of phenols is 1. The number of piperidine rings is 1. The third kappa shape index (κ3) is 4.34. The molecule has 27 heavy (non-hydrogen) atoms. The van der Waals surface area contributed by atoms with Gasteiger partial charge in [0.1, 0.15) is 0 Å². The third-order valence-electron chi connectivity index (χ3n) is 4.94. The predicted molar refractivity (Wildman–Crippen MR) is 111 cm³/mol. The normalized spacial score (nSPS) is 15.9. The second-order valence-electron chi connectivity index (χ2n) is 6.92. The molecule has 1 aromatic heterocycles. The molecule has 0 saturated carbocycles. The van der Waals surface area contributed by atoms with Crippen LogP contribution >= 0.6 is 11.3 Å². The molecule has 0 atom stereocenters. The minimum Gasteiger partial charge on any atom is -0.504 e. The van der Waals surface area contributed by atoms with E-state index in [9.17, 15) is 5.11 Å². The van der Waals surface area contributed by atoms with E-state index in [1.165, 1.54) is 10.3 Å². The van der Waals surface area contributed by atoms with Crippen molar-refractivity contribution < 1.29 is 9.84 Å². The van der Waals surface area contributed by atoms with E-state index in [1.54, 1.807) is 17.4 Å². The molecule has 1 fully saturated rings. The molecule has 142 valence electrons. The molecule has 2 N–H and O–H groups in total. The van der Waals surface area contributed by atoms with E-state index >= 15 is 0 Å². The van der Waals surface area contributed by atoms with Crippen LogP contribution in [0.3, 0.4) is 0 Å². The van der Waals surface area contributed by atoms with Gasteiger partial charge in [0.25, 0.3) is 0 Å². The third-order valence-corrected chi connectivity index (χ3v) is 5.91. The van der Waals surface area contributed by atoms with Gasteiger partial charge in [-0.3, -0.25) is 4.90 Å². The van der Waals surface area contributed by atoms with Gasteiger partial charge in [0.15, 0.2) is 16.6 Å². The van der Waals surface area contributed by atoms with Gasteiger partial charge in [-0.1, -0.05) is 29.5 Å². The number of aromatic hydroxyl groups is 1. The van der Waals surface area contributed by atoms with Gasteiger partial charge < -0.3 is 15.2 Å². The van der Waals surface area contributed by atoms with Crippen molar-refractivity contribution in [3.8, 4) is 11.5 Å². The van der Waals surface area contributed by atoms with E-state index in [4.69, 9.17) is 4.74 Å². The maximum atomic E-state index is 9.85. The van der Waals surface area contributed by atoms with Crippen LogP contribution < -0.4 is 10.1 Å². The Morgan fingerprint density at radius 3 is 2.81 bits per heavy atom. The fourth-order valence-corrected chi connectivity index (χ4v) is 4.47. The number of nitrogens with one attached hydrogen (secondary N) is 1. The Morgan fingerprint density at radius 1 is 1.22 bits per heavy atom. The average molecular weight is 384 g/mol. The highest BCUT2D eigenvalue weighted by Crippen LogP contribution is 2.29. The molecule has 0 spiro atoms. The van der Waals surface area contributed by atoms with E-state index < -0.39 is 0 Å². The maximum Gasteiger partial charge on any atom is 0.184 e. The van der Waals surface area contributed by atoms with Crippen molar-refractivity contribution in [1.82, 2.24) is 9.88 Å². The number of anilines is 1. The molecule has 0 radical (unpaired) electrons. The van der Waals surface area contributed by atoms with Crippen molar-refractivity contribution in [2.24, 2.45) is 0 Å². The lowest BCUT2D eigenvalue weighted by atomic mass is 10.0. The summed E-state index contributed by atoms with van der Waals surface area (Å²) in [6, 6.07) is 14.4. The molecule has 1 aliphatic rings. The Balaban J connectivity index is 1.31. The summed E-state index contributed by atoms with van der Waals surface area (Å²) < 4.78 is 6.72. The first kappa shape index (κ1) is 18.1. The molecule has 1 saturated heterocycles. The van der Waals surface area contributed by atoms with Crippen LogP contribution in [0.1, 0.15) is 25.3 Å². The first-order valence-electron chi connectivity index (χ1n) is 9.50. The topological polar surface area (TPSA) is 57.6 Å². The molecular formula is C21H25N3O2S. The first-order valence-corrected chi connectivity index (χ1v) is 10.3. The van der Waals surface area contributed by atoms with Crippen molar-refractivity contribution in [2.45, 2.75) is 32.4 Å². The average Bonchev–Trinajstić information content (AvgIpc) is 3.08. The maximum absolute atomic E-state index is 9.85. The summed E-state index contributed by atoms with van der Waals surface area (Å²) in [6.45, 7) is 5.46. The molecule has 3 aromatic rings. The molecule has 2 aromatic carbocycles. The second kappa shape index (κ2) is 8.15. The van der Waals surface area contributed by atoms with Crippen molar-refractivity contribution in [3.05, 3.63) is 48.0 Å². The number of benzene rings is 2. The Morgan fingerprint density at radius 2 is 2.04 bits per heavy atom. The number of para-hydroxylation sites is 1. The summed E-state index contributed by atoms with van der Waals surface area (Å²) in [7, 11) is 0. The summed E-state index contributed by atoms with van der Waals surface area (Å²) >= 11 is 1.73. The summed E-state index contributed by atoms with van der Waals surface area (Å²) in [5, 5.41) is 14.5. The smallest absolute Gasteiger partial charge is 0.184 e. The largest absolute Gasteiger partial charge is 0.504 e. The number of hydrogen-bond acceptors (Lipinski definition) is 6. The molecule has 4 rings (SSSR count). The van der Waals surface area contributed by atoms with Gasteiger partial charge in [0.05, 0.1) is 16.8 Å². The lowest BCUT2D eigenvalue weighted by molar-refractivity contribution is 0.211. The number of fused-ring (bicyclic) bond motifs is 1. The summed E-state index contributed by atoms with van der Waals surface area (Å²) in [5.41, 5.74) is 2.24. The van der Waals surface area contributed by atoms with Gasteiger partial charge in [0, 0.05) is 25.7 Å². The molecule has 2 heterocycles. The highest BCUT2D eigenvalue weighted by molar-refractivity contribution is 7.22. The van der Waals surface area contributed by atoms with E-state index in [-0.39, 0.29) is 5.75 Å². The Bertz CT molecular complexity index is 870. The number of aromatic nitrogens is 1. The van der Waals surface area contributed by atoms with Crippen LogP contribution in [0.25, 0.3) is 10.2 Å². The van der Waals surface area contributed by atoms with E-state index in [0.717, 1.165) is 43.1 Å². The van der Waals surface area contributed by atoms with Gasteiger partial charge in [-0.25, -0.2) is 4.98 Å². The van der Waals surface area contributed by atoms with Crippen molar-refractivity contribution in [3.63, 3.8) is 0 Å². The van der Waals surface area contributed by atoms with Crippen LogP contribution in [0.5, 0.6) is 11.5 Å². The summed E-state index contributed by atoms with van der Waals surface area (Å²) in [5.74, 6) is 0.779. The van der Waals surface area contributed by atoms with Crippen LogP contribution in [0, 0.1) is 0 Å². The fourth-order valence-electron chi connectivity index (χ4n) is 3.53. The summed E-state index contributed by atoms with van der Waals surface area (Å²) in [4.78, 5) is 7.14. The van der Waals surface area contributed by atoms with Gasteiger partial charge >= 0.3 is 0 Å². The molecular weight excluding hydrogens is 358 g/mol. The highest BCUT2D eigenvalue weighted by Gasteiger charge is 2.20. The number of nitrogens with zero attached hydrogens (tertiary/aromatic N) is 2. The van der Waals surface area contributed by atoms with E-state index in [0.29, 0.717) is 18.4 Å². The minimum atomic E-state index is 0.208. The minimum absolute atomic E-state index is 0.208. The lowest BCUT2D eigenvalue weighted by Crippen LogP contribution is -2.38. The lowest BCUT2D eigenvalue weighted by Gasteiger charge is -2.32. The number of likely N-dealkylation sites (tertiary alicyclic amines) is 1. The second-order valence-corrected chi connectivity index (χ2v) is 7.95. The van der Waals surface area contributed by atoms with E-state index in [2.05, 4.69) is 33.4 Å². The van der Waals surface area contributed by atoms with Crippen LogP contribution in [-0.2, 0) is 6.54 Å². The fraction of sp³-hybridized carbons (Fsp3) is 0.381. The number of rotatable bonds is 6. The standard InChI is InChI=1S/C21H25N3O2S/c1-2-26-19-13-15(7-8-18(19)25)14-24-11-9-16(10-12-24)22-21-23-17-5-3-4-6-20(17)27-21/h3-8,13,16,25H,2,9-12,14H2,1H3,(H,22,23). The van der Waals surface area contributed by atoms with Gasteiger partial charge in [-0.2, -0.15) is 0 Å². The SMILES string of the molecule is CCOc1cc(CN2CCC(Nc3nc4ccccc4s3)CC2)ccc1O. The van der Waals surface area contributed by atoms with Crippen LogP contribution in [0.2, 0.25) is 0 Å². The number of ether oxygens (including phenoxy) is 1. The molecule has 0 amide bonds. The first-order chi connectivity index (χ1) is 13.2. The molecule has 1 aliphatic heterocycles. The summed E-state index contributed by atoms with van der Waals surface area (Å²) in [6.07, 6.45) is 2.21. The van der Waals surface area contributed by atoms with Crippen molar-refractivity contribution in [2.75, 3.05) is 25.0 Å². The van der Waals surface area contributed by atoms with Crippen LogP contribution in [0.15, 0.2) is 42.5 Å². The van der Waals surface area contributed by atoms with E-state index in [1.807, 2.05) is 25.1 Å². The zero-order valence-corrected chi connectivity index (χ0v) is 16.3. The van der Waals surface area contributed by atoms with Gasteiger partial charge in [-0.15, -0.1) is 0 Å². The molecule has 0 unspecified atom stereocenters. The zero-order valence-electron chi connectivity index (χ0n) is 15.5. The zero-order chi connectivity index (χ0) is 18.6. The Kier molecular flexibility index (Phi) is 5.45. The Hall–Kier alpha value is -2.31. The van der Waals surface area contributed by atoms with Gasteiger partial charge in [-0.05, 0) is 49.6 Å². The van der Waals surface area contributed by atoms with Crippen LogP contribution in [0.4, 0.5) is 5.13 Å². The monoisotopic (exact) mass is 383 g/mol. The molecule has 0 bridgehead atoms.